The van der Waals surface area contributed by atoms with Gasteiger partial charge in [-0.3, -0.25) is 0 Å². The highest BCUT2D eigenvalue weighted by atomic mass is 16.6. The molecule has 0 saturated carbocycles. The number of fused-ring (bicyclic) bond motifs is 1. The molecule has 19 heavy (non-hydrogen) atoms. The third-order valence-corrected chi connectivity index (χ3v) is 3.74. The van der Waals surface area contributed by atoms with E-state index in [1.54, 1.807) is 13.8 Å². The third kappa shape index (κ3) is 1.84. The van der Waals surface area contributed by atoms with E-state index in [4.69, 9.17) is 9.84 Å². The monoisotopic (exact) mass is 268 g/mol. The van der Waals surface area contributed by atoms with Crippen molar-refractivity contribution < 1.29 is 30.0 Å². The average molecular weight is 268 g/mol. The summed E-state index contributed by atoms with van der Waals surface area (Å²) in [6.45, 7) is 5.14. The van der Waals surface area contributed by atoms with Gasteiger partial charge in [0.2, 0.25) is 0 Å². The van der Waals surface area contributed by atoms with E-state index < -0.39 is 29.3 Å². The van der Waals surface area contributed by atoms with Gasteiger partial charge in [0.05, 0.1) is 11.7 Å². The molecular weight excluding hydrogens is 252 g/mol. The first-order chi connectivity index (χ1) is 8.77. The average Bonchev–Trinajstić information content (AvgIpc) is 2.30. The molecule has 1 aliphatic heterocycles. The van der Waals surface area contributed by atoms with E-state index in [1.165, 1.54) is 0 Å². The normalized spacial score (nSPS) is 26.0. The van der Waals surface area contributed by atoms with Crippen molar-refractivity contribution in [1.82, 2.24) is 0 Å². The molecule has 3 unspecified atom stereocenters. The van der Waals surface area contributed by atoms with Crippen LogP contribution in [0.1, 0.15) is 53.1 Å². The fraction of sp³-hybridized carbons (Fsp3) is 0.462. The van der Waals surface area contributed by atoms with E-state index >= 15 is 0 Å². The third-order valence-electron chi connectivity index (χ3n) is 3.74. The van der Waals surface area contributed by atoms with Gasteiger partial charge in [0.25, 0.3) is 0 Å². The van der Waals surface area contributed by atoms with Crippen LogP contribution in [0.25, 0.3) is 0 Å². The van der Waals surface area contributed by atoms with Gasteiger partial charge in [0, 0.05) is 5.92 Å². The number of hydrogen-bond acceptors (Lipinski definition) is 5. The topological polar surface area (TPSA) is 107 Å². The highest BCUT2D eigenvalue weighted by Crippen LogP contribution is 2.47. The molecule has 1 aromatic rings. The van der Waals surface area contributed by atoms with Crippen molar-refractivity contribution in [3.05, 3.63) is 22.3 Å². The standard InChI is InChI=1S/C13H16O6/c1-4-6(3)19-13(18)8-7(4)5(2)10(14)9(11(8)15)12(16)17/h4,6,13-15,18H,1-3H3,(H,16,17). The lowest BCUT2D eigenvalue weighted by atomic mass is 9.83. The first kappa shape index (κ1) is 13.6. The van der Waals surface area contributed by atoms with Crippen LogP contribution in [-0.4, -0.2) is 32.5 Å². The second-order valence-corrected chi connectivity index (χ2v) is 4.81. The van der Waals surface area contributed by atoms with Crippen molar-refractivity contribution in [2.45, 2.75) is 39.1 Å². The summed E-state index contributed by atoms with van der Waals surface area (Å²) in [5.74, 6) is -2.76. The van der Waals surface area contributed by atoms with Crippen molar-refractivity contribution >= 4 is 5.97 Å². The molecule has 0 radical (unpaired) electrons. The first-order valence-corrected chi connectivity index (χ1v) is 5.92. The van der Waals surface area contributed by atoms with Crippen molar-refractivity contribution in [3.63, 3.8) is 0 Å². The van der Waals surface area contributed by atoms with Gasteiger partial charge in [-0.15, -0.1) is 0 Å². The molecule has 2 rings (SSSR count). The van der Waals surface area contributed by atoms with E-state index in [0.29, 0.717) is 11.1 Å². The molecule has 3 atom stereocenters. The fourth-order valence-electron chi connectivity index (χ4n) is 2.55. The van der Waals surface area contributed by atoms with E-state index in [-0.39, 0.29) is 17.6 Å². The summed E-state index contributed by atoms with van der Waals surface area (Å²) in [7, 11) is 0. The molecule has 6 nitrogen and oxygen atoms in total. The van der Waals surface area contributed by atoms with E-state index in [9.17, 15) is 20.1 Å². The number of carboxylic acid groups (broad SMARTS) is 1. The summed E-state index contributed by atoms with van der Waals surface area (Å²) in [4.78, 5) is 11.1. The number of ether oxygens (including phenoxy) is 1. The zero-order valence-electron chi connectivity index (χ0n) is 10.8. The Morgan fingerprint density at radius 2 is 1.74 bits per heavy atom. The molecule has 4 N–H and O–H groups in total. The Morgan fingerprint density at radius 1 is 1.16 bits per heavy atom. The minimum absolute atomic E-state index is 0.0262. The largest absolute Gasteiger partial charge is 0.507 e. The van der Waals surface area contributed by atoms with Crippen molar-refractivity contribution in [3.8, 4) is 11.5 Å². The lowest BCUT2D eigenvalue weighted by Crippen LogP contribution is -2.28. The van der Waals surface area contributed by atoms with Gasteiger partial charge < -0.3 is 25.2 Å². The summed E-state index contributed by atoms with van der Waals surface area (Å²) in [6, 6.07) is 0. The van der Waals surface area contributed by atoms with Crippen LogP contribution < -0.4 is 0 Å². The highest BCUT2D eigenvalue weighted by Gasteiger charge is 2.37. The Balaban J connectivity index is 2.83. The zero-order valence-corrected chi connectivity index (χ0v) is 10.8. The minimum Gasteiger partial charge on any atom is -0.507 e. The number of aromatic hydroxyl groups is 2. The van der Waals surface area contributed by atoms with Crippen molar-refractivity contribution in [2.75, 3.05) is 0 Å². The first-order valence-electron chi connectivity index (χ1n) is 5.92. The summed E-state index contributed by atoms with van der Waals surface area (Å²) >= 11 is 0. The molecule has 0 amide bonds. The molecule has 1 aromatic carbocycles. The van der Waals surface area contributed by atoms with Gasteiger partial charge in [0.15, 0.2) is 6.29 Å². The van der Waals surface area contributed by atoms with Gasteiger partial charge in [-0.25, -0.2) is 4.79 Å². The number of carbonyl (C=O) groups is 1. The number of carboxylic acids is 1. The predicted octanol–water partition coefficient (Wildman–Crippen LogP) is 1.62. The van der Waals surface area contributed by atoms with Gasteiger partial charge in [-0.05, 0) is 25.0 Å². The second kappa shape index (κ2) is 4.40. The zero-order chi connectivity index (χ0) is 14.5. The Hall–Kier alpha value is -1.79. The van der Waals surface area contributed by atoms with Crippen LogP contribution in [0.5, 0.6) is 11.5 Å². The number of phenols is 2. The minimum atomic E-state index is -1.46. The molecular formula is C13H16O6. The maximum absolute atomic E-state index is 11.1. The second-order valence-electron chi connectivity index (χ2n) is 4.81. The van der Waals surface area contributed by atoms with E-state index in [0.717, 1.165) is 0 Å². The summed E-state index contributed by atoms with van der Waals surface area (Å²) < 4.78 is 5.26. The molecule has 0 aliphatic carbocycles. The molecule has 0 bridgehead atoms. The van der Waals surface area contributed by atoms with Crippen LogP contribution in [0.3, 0.4) is 0 Å². The molecule has 1 heterocycles. The van der Waals surface area contributed by atoms with Crippen LogP contribution in [-0.2, 0) is 4.74 Å². The van der Waals surface area contributed by atoms with Gasteiger partial charge >= 0.3 is 5.97 Å². The van der Waals surface area contributed by atoms with Crippen LogP contribution in [0, 0.1) is 6.92 Å². The van der Waals surface area contributed by atoms with Crippen molar-refractivity contribution in [2.24, 2.45) is 0 Å². The lowest BCUT2D eigenvalue weighted by Gasteiger charge is -2.34. The number of rotatable bonds is 1. The Labute approximate surface area is 109 Å². The molecule has 104 valence electrons. The number of aliphatic hydroxyl groups is 1. The van der Waals surface area contributed by atoms with Crippen LogP contribution in [0.15, 0.2) is 0 Å². The Morgan fingerprint density at radius 3 is 2.26 bits per heavy atom. The molecule has 0 aromatic heterocycles. The number of benzene rings is 1. The summed E-state index contributed by atoms with van der Waals surface area (Å²) in [5, 5.41) is 38.9. The summed E-state index contributed by atoms with van der Waals surface area (Å²) in [6.07, 6.45) is -1.71. The highest BCUT2D eigenvalue weighted by molar-refractivity contribution is 5.95. The van der Waals surface area contributed by atoms with Gasteiger partial charge in [0.1, 0.15) is 17.1 Å². The number of aliphatic hydroxyl groups excluding tert-OH is 1. The van der Waals surface area contributed by atoms with Crippen LogP contribution >= 0.6 is 0 Å². The lowest BCUT2D eigenvalue weighted by molar-refractivity contribution is -0.151. The van der Waals surface area contributed by atoms with E-state index in [1.807, 2.05) is 6.92 Å². The van der Waals surface area contributed by atoms with Crippen LogP contribution in [0.4, 0.5) is 0 Å². The summed E-state index contributed by atoms with van der Waals surface area (Å²) in [5.41, 5.74) is 0.289. The van der Waals surface area contributed by atoms with Crippen molar-refractivity contribution in [1.29, 1.82) is 0 Å². The molecule has 0 spiro atoms. The quantitative estimate of drug-likeness (QED) is 0.616. The SMILES string of the molecule is Cc1c(O)c(C(=O)O)c(O)c2c1C(C)C(C)OC2O. The van der Waals surface area contributed by atoms with Gasteiger partial charge in [-0.1, -0.05) is 6.92 Å². The smallest absolute Gasteiger partial charge is 0.343 e. The van der Waals surface area contributed by atoms with Gasteiger partial charge in [-0.2, -0.15) is 0 Å². The fourth-order valence-corrected chi connectivity index (χ4v) is 2.55. The number of hydrogen-bond donors (Lipinski definition) is 4. The Kier molecular flexibility index (Phi) is 3.15. The van der Waals surface area contributed by atoms with Crippen LogP contribution in [0.2, 0.25) is 0 Å². The molecule has 1 aliphatic rings. The number of aromatic carboxylic acids is 1. The maximum Gasteiger partial charge on any atom is 0.343 e. The molecule has 0 fully saturated rings. The maximum atomic E-state index is 11.1. The molecule has 6 heteroatoms. The predicted molar refractivity (Wildman–Crippen MR) is 65.4 cm³/mol. The Bertz CT molecular complexity index is 551. The molecule has 0 saturated heterocycles. The van der Waals surface area contributed by atoms with E-state index in [2.05, 4.69) is 0 Å².